The quantitative estimate of drug-likeness (QED) is 0.734. The van der Waals surface area contributed by atoms with Crippen molar-refractivity contribution in [1.29, 1.82) is 0 Å². The maximum atomic E-state index is 9.89. The summed E-state index contributed by atoms with van der Waals surface area (Å²) in [6.45, 7) is 3.64. The summed E-state index contributed by atoms with van der Waals surface area (Å²) in [7, 11) is 0. The fourth-order valence-electron chi connectivity index (χ4n) is 2.04. The lowest BCUT2D eigenvalue weighted by molar-refractivity contribution is 0.106. The molecule has 0 spiro atoms. The molecule has 1 atom stereocenters. The summed E-state index contributed by atoms with van der Waals surface area (Å²) in [6, 6.07) is 15.6. The first-order valence-electron chi connectivity index (χ1n) is 7.46. The highest BCUT2D eigenvalue weighted by molar-refractivity contribution is 6.30. The van der Waals surface area contributed by atoms with E-state index >= 15 is 0 Å². The van der Waals surface area contributed by atoms with Crippen molar-refractivity contribution in [3.05, 3.63) is 64.7 Å². The summed E-state index contributed by atoms with van der Waals surface area (Å²) in [5.74, 6) is 0.783. The van der Waals surface area contributed by atoms with Gasteiger partial charge in [0.05, 0.1) is 0 Å². The Morgan fingerprint density at radius 1 is 1.09 bits per heavy atom. The fraction of sp³-hybridized carbons (Fsp3) is 0.333. The molecule has 2 aromatic rings. The molecule has 2 aromatic carbocycles. The largest absolute Gasteiger partial charge is 0.491 e. The van der Waals surface area contributed by atoms with Crippen LogP contribution in [0.1, 0.15) is 11.1 Å². The lowest BCUT2D eigenvalue weighted by atomic mass is 10.1. The Labute approximate surface area is 136 Å². The zero-order valence-electron chi connectivity index (χ0n) is 12.8. The van der Waals surface area contributed by atoms with Gasteiger partial charge in [0, 0.05) is 11.6 Å². The molecular weight excluding hydrogens is 298 g/mol. The SMILES string of the molecule is Cc1ccc(OC[C@@H](O)CNCCc2ccc(Cl)cc2)cc1. The molecule has 3 nitrogen and oxygen atoms in total. The van der Waals surface area contributed by atoms with Gasteiger partial charge in [-0.1, -0.05) is 41.4 Å². The number of aliphatic hydroxyl groups is 1. The van der Waals surface area contributed by atoms with Gasteiger partial charge in [0.1, 0.15) is 18.5 Å². The van der Waals surface area contributed by atoms with Gasteiger partial charge in [-0.05, 0) is 49.7 Å². The monoisotopic (exact) mass is 319 g/mol. The molecule has 0 fully saturated rings. The number of ether oxygens (including phenoxy) is 1. The van der Waals surface area contributed by atoms with Crippen molar-refractivity contribution in [3.63, 3.8) is 0 Å². The van der Waals surface area contributed by atoms with Crippen molar-refractivity contribution < 1.29 is 9.84 Å². The van der Waals surface area contributed by atoms with Crippen LogP contribution in [0.3, 0.4) is 0 Å². The predicted octanol–water partition coefficient (Wildman–Crippen LogP) is 3.22. The minimum absolute atomic E-state index is 0.289. The zero-order chi connectivity index (χ0) is 15.8. The van der Waals surface area contributed by atoms with Gasteiger partial charge in [0.15, 0.2) is 0 Å². The first-order valence-corrected chi connectivity index (χ1v) is 7.84. The molecule has 0 bridgehead atoms. The molecule has 118 valence electrons. The van der Waals surface area contributed by atoms with E-state index in [9.17, 15) is 5.11 Å². The summed E-state index contributed by atoms with van der Waals surface area (Å²) < 4.78 is 5.55. The van der Waals surface area contributed by atoms with Crippen molar-refractivity contribution in [3.8, 4) is 5.75 Å². The minimum atomic E-state index is -0.522. The standard InChI is InChI=1S/C18H22ClNO2/c1-14-2-8-18(9-3-14)22-13-17(21)12-20-11-10-15-4-6-16(19)7-5-15/h2-9,17,20-21H,10-13H2,1H3/t17-/m0/s1. The molecule has 22 heavy (non-hydrogen) atoms. The zero-order valence-corrected chi connectivity index (χ0v) is 13.5. The average molecular weight is 320 g/mol. The van der Waals surface area contributed by atoms with Gasteiger partial charge in [0.2, 0.25) is 0 Å². The Morgan fingerprint density at radius 3 is 2.45 bits per heavy atom. The van der Waals surface area contributed by atoms with E-state index in [1.54, 1.807) is 0 Å². The van der Waals surface area contributed by atoms with Gasteiger partial charge >= 0.3 is 0 Å². The maximum Gasteiger partial charge on any atom is 0.119 e. The Balaban J connectivity index is 1.60. The van der Waals surface area contributed by atoms with Crippen molar-refractivity contribution in [2.75, 3.05) is 19.7 Å². The topological polar surface area (TPSA) is 41.5 Å². The molecule has 0 radical (unpaired) electrons. The predicted molar refractivity (Wildman–Crippen MR) is 90.7 cm³/mol. The van der Waals surface area contributed by atoms with E-state index in [1.165, 1.54) is 11.1 Å². The highest BCUT2D eigenvalue weighted by Crippen LogP contribution is 2.11. The van der Waals surface area contributed by atoms with Crippen molar-refractivity contribution in [2.24, 2.45) is 0 Å². The molecule has 0 aliphatic carbocycles. The van der Waals surface area contributed by atoms with Crippen molar-refractivity contribution in [2.45, 2.75) is 19.4 Å². The molecule has 2 rings (SSSR count). The molecule has 0 saturated heterocycles. The smallest absolute Gasteiger partial charge is 0.119 e. The summed E-state index contributed by atoms with van der Waals surface area (Å²) in [6.07, 6.45) is 0.384. The van der Waals surface area contributed by atoms with Gasteiger partial charge in [-0.3, -0.25) is 0 Å². The van der Waals surface area contributed by atoms with Crippen molar-refractivity contribution >= 4 is 11.6 Å². The average Bonchev–Trinajstić information content (AvgIpc) is 2.53. The summed E-state index contributed by atoms with van der Waals surface area (Å²) in [4.78, 5) is 0. The number of aryl methyl sites for hydroxylation is 1. The second kappa shape index (κ2) is 8.79. The molecule has 0 amide bonds. The van der Waals surface area contributed by atoms with Crippen LogP contribution in [-0.4, -0.2) is 30.9 Å². The van der Waals surface area contributed by atoms with E-state index in [0.29, 0.717) is 6.54 Å². The van der Waals surface area contributed by atoms with Gasteiger partial charge in [0.25, 0.3) is 0 Å². The third-order valence-corrected chi connectivity index (χ3v) is 3.60. The van der Waals surface area contributed by atoms with Crippen LogP contribution in [0, 0.1) is 6.92 Å². The number of aliphatic hydroxyl groups excluding tert-OH is 1. The third-order valence-electron chi connectivity index (χ3n) is 3.35. The van der Waals surface area contributed by atoms with Crippen LogP contribution in [0.5, 0.6) is 5.75 Å². The molecule has 0 aliphatic heterocycles. The van der Waals surface area contributed by atoms with Crippen LogP contribution in [0.4, 0.5) is 0 Å². The highest BCUT2D eigenvalue weighted by atomic mass is 35.5. The molecule has 2 N–H and O–H groups in total. The Hall–Kier alpha value is -1.55. The molecule has 0 heterocycles. The Bertz CT molecular complexity index is 554. The number of halogens is 1. The summed E-state index contributed by atoms with van der Waals surface area (Å²) in [5, 5.41) is 13.9. The molecule has 0 unspecified atom stereocenters. The van der Waals surface area contributed by atoms with Crippen LogP contribution in [0.25, 0.3) is 0 Å². The van der Waals surface area contributed by atoms with Gasteiger partial charge in [-0.15, -0.1) is 0 Å². The van der Waals surface area contributed by atoms with Crippen LogP contribution in [0.15, 0.2) is 48.5 Å². The Kier molecular flexibility index (Phi) is 6.72. The van der Waals surface area contributed by atoms with E-state index in [2.05, 4.69) is 5.32 Å². The van der Waals surface area contributed by atoms with E-state index in [0.717, 1.165) is 23.7 Å². The Morgan fingerprint density at radius 2 is 1.77 bits per heavy atom. The first kappa shape index (κ1) is 16.8. The van der Waals surface area contributed by atoms with Crippen LogP contribution in [0.2, 0.25) is 5.02 Å². The normalized spacial score (nSPS) is 12.1. The van der Waals surface area contributed by atoms with E-state index in [-0.39, 0.29) is 6.61 Å². The number of nitrogens with one attached hydrogen (secondary N) is 1. The highest BCUT2D eigenvalue weighted by Gasteiger charge is 2.04. The van der Waals surface area contributed by atoms with Gasteiger partial charge in [-0.2, -0.15) is 0 Å². The van der Waals surface area contributed by atoms with Crippen LogP contribution in [-0.2, 0) is 6.42 Å². The number of benzene rings is 2. The number of hydrogen-bond acceptors (Lipinski definition) is 3. The second-order valence-electron chi connectivity index (χ2n) is 5.36. The summed E-state index contributed by atoms with van der Waals surface area (Å²) >= 11 is 5.85. The van der Waals surface area contributed by atoms with Crippen LogP contribution >= 0.6 is 11.6 Å². The second-order valence-corrected chi connectivity index (χ2v) is 5.79. The molecule has 0 aliphatic rings. The third kappa shape index (κ3) is 6.06. The van der Waals surface area contributed by atoms with E-state index < -0.39 is 6.10 Å². The molecular formula is C18H22ClNO2. The molecule has 0 saturated carbocycles. The summed E-state index contributed by atoms with van der Waals surface area (Å²) in [5.41, 5.74) is 2.42. The van der Waals surface area contributed by atoms with Gasteiger partial charge < -0.3 is 15.2 Å². The van der Waals surface area contributed by atoms with Crippen LogP contribution < -0.4 is 10.1 Å². The number of hydrogen-bond donors (Lipinski definition) is 2. The maximum absolute atomic E-state index is 9.89. The van der Waals surface area contributed by atoms with Gasteiger partial charge in [-0.25, -0.2) is 0 Å². The van der Waals surface area contributed by atoms with E-state index in [4.69, 9.17) is 16.3 Å². The fourth-order valence-corrected chi connectivity index (χ4v) is 2.16. The van der Waals surface area contributed by atoms with E-state index in [1.807, 2.05) is 55.5 Å². The lowest BCUT2D eigenvalue weighted by Crippen LogP contribution is -2.32. The molecule has 4 heteroatoms. The lowest BCUT2D eigenvalue weighted by Gasteiger charge is -2.13. The van der Waals surface area contributed by atoms with Crippen molar-refractivity contribution in [1.82, 2.24) is 5.32 Å². The first-order chi connectivity index (χ1) is 10.6. The molecule has 0 aromatic heterocycles. The minimum Gasteiger partial charge on any atom is -0.491 e. The number of rotatable bonds is 8.